The molecule has 1 fully saturated rings. The summed E-state index contributed by atoms with van der Waals surface area (Å²) in [5.41, 5.74) is 6.28. The van der Waals surface area contributed by atoms with Crippen LogP contribution >= 0.6 is 0 Å². The Morgan fingerprint density at radius 2 is 1.79 bits per heavy atom. The molecular weight excluding hydrogens is 321 g/mol. The standard InChI is InChI=1S/C17H15F3N2O2/c1-24-13-4-2-3-12(9-13)22-15(14(21)16(22)23)10-5-7-11(8-6-10)17(18,19)20/h2-9,14-15H,21H2,1H3/t14-,15-/m1/s1. The summed E-state index contributed by atoms with van der Waals surface area (Å²) in [6.45, 7) is 0. The molecule has 24 heavy (non-hydrogen) atoms. The predicted octanol–water partition coefficient (Wildman–Crippen LogP) is 3.13. The lowest BCUT2D eigenvalue weighted by atomic mass is 9.88. The number of halogens is 3. The van der Waals surface area contributed by atoms with Crippen molar-refractivity contribution >= 4 is 11.6 Å². The van der Waals surface area contributed by atoms with E-state index in [1.807, 2.05) is 0 Å². The maximum atomic E-state index is 12.7. The molecule has 0 bridgehead atoms. The number of anilines is 1. The Bertz CT molecular complexity index is 759. The fourth-order valence-corrected chi connectivity index (χ4v) is 2.79. The van der Waals surface area contributed by atoms with Crippen LogP contribution < -0.4 is 15.4 Å². The van der Waals surface area contributed by atoms with E-state index in [0.29, 0.717) is 17.0 Å². The number of hydrogen-bond donors (Lipinski definition) is 1. The number of nitrogens with two attached hydrogens (primary N) is 1. The summed E-state index contributed by atoms with van der Waals surface area (Å²) in [7, 11) is 1.51. The van der Waals surface area contributed by atoms with Crippen molar-refractivity contribution < 1.29 is 22.7 Å². The molecule has 3 rings (SSSR count). The number of methoxy groups -OCH3 is 1. The number of hydrogen-bond acceptors (Lipinski definition) is 3. The monoisotopic (exact) mass is 336 g/mol. The molecule has 0 aromatic heterocycles. The quantitative estimate of drug-likeness (QED) is 0.876. The fraction of sp³-hybridized carbons (Fsp3) is 0.235. The van der Waals surface area contributed by atoms with E-state index in [4.69, 9.17) is 10.5 Å². The molecule has 4 nitrogen and oxygen atoms in total. The molecular formula is C17H15F3N2O2. The van der Waals surface area contributed by atoms with Gasteiger partial charge in [-0.2, -0.15) is 13.2 Å². The molecule has 2 atom stereocenters. The van der Waals surface area contributed by atoms with E-state index in [1.165, 1.54) is 24.1 Å². The van der Waals surface area contributed by atoms with Gasteiger partial charge in [-0.1, -0.05) is 18.2 Å². The minimum atomic E-state index is -4.40. The minimum Gasteiger partial charge on any atom is -0.497 e. The van der Waals surface area contributed by atoms with Crippen molar-refractivity contribution in [1.82, 2.24) is 0 Å². The first-order chi connectivity index (χ1) is 11.3. The highest BCUT2D eigenvalue weighted by Gasteiger charge is 2.46. The van der Waals surface area contributed by atoms with Gasteiger partial charge in [-0.3, -0.25) is 4.79 Å². The predicted molar refractivity (Wildman–Crippen MR) is 82.6 cm³/mol. The Morgan fingerprint density at radius 1 is 1.12 bits per heavy atom. The Kier molecular flexibility index (Phi) is 3.96. The molecule has 1 aliphatic heterocycles. The van der Waals surface area contributed by atoms with Gasteiger partial charge in [0.25, 0.3) is 0 Å². The molecule has 1 aliphatic rings. The van der Waals surface area contributed by atoms with Crippen molar-refractivity contribution in [3.8, 4) is 5.75 Å². The van der Waals surface area contributed by atoms with Gasteiger partial charge in [0.2, 0.25) is 5.91 Å². The van der Waals surface area contributed by atoms with Crippen molar-refractivity contribution in [2.24, 2.45) is 5.73 Å². The zero-order valence-corrected chi connectivity index (χ0v) is 12.7. The van der Waals surface area contributed by atoms with Crippen LogP contribution in [0.25, 0.3) is 0 Å². The van der Waals surface area contributed by atoms with Gasteiger partial charge in [0.15, 0.2) is 0 Å². The molecule has 0 spiro atoms. The van der Waals surface area contributed by atoms with Gasteiger partial charge in [-0.15, -0.1) is 0 Å². The number of carbonyl (C=O) groups excluding carboxylic acids is 1. The van der Waals surface area contributed by atoms with Gasteiger partial charge in [0, 0.05) is 11.8 Å². The lowest BCUT2D eigenvalue weighted by Gasteiger charge is -2.45. The number of rotatable bonds is 3. The summed E-state index contributed by atoms with van der Waals surface area (Å²) in [5, 5.41) is 0. The average molecular weight is 336 g/mol. The zero-order valence-electron chi connectivity index (χ0n) is 12.7. The fourth-order valence-electron chi connectivity index (χ4n) is 2.79. The number of nitrogens with zero attached hydrogens (tertiary/aromatic N) is 1. The Balaban J connectivity index is 1.92. The second kappa shape index (κ2) is 5.83. The van der Waals surface area contributed by atoms with Crippen LogP contribution in [0.1, 0.15) is 17.2 Å². The summed E-state index contributed by atoms with van der Waals surface area (Å²) in [4.78, 5) is 13.6. The lowest BCUT2D eigenvalue weighted by molar-refractivity contribution is -0.137. The molecule has 126 valence electrons. The van der Waals surface area contributed by atoms with E-state index in [9.17, 15) is 18.0 Å². The summed E-state index contributed by atoms with van der Waals surface area (Å²) in [5.74, 6) is 0.292. The summed E-state index contributed by atoms with van der Waals surface area (Å²) in [6, 6.07) is 10.3. The van der Waals surface area contributed by atoms with Crippen LogP contribution in [0.4, 0.5) is 18.9 Å². The van der Waals surface area contributed by atoms with E-state index in [0.717, 1.165) is 12.1 Å². The number of amides is 1. The average Bonchev–Trinajstić information content (AvgIpc) is 2.58. The normalized spacial score (nSPS) is 20.7. The molecule has 7 heteroatoms. The van der Waals surface area contributed by atoms with E-state index in [2.05, 4.69) is 0 Å². The minimum absolute atomic E-state index is 0.284. The largest absolute Gasteiger partial charge is 0.497 e. The van der Waals surface area contributed by atoms with Crippen LogP contribution in [0, 0.1) is 0 Å². The molecule has 2 N–H and O–H groups in total. The van der Waals surface area contributed by atoms with E-state index >= 15 is 0 Å². The van der Waals surface area contributed by atoms with Crippen molar-refractivity contribution in [2.45, 2.75) is 18.3 Å². The third-order valence-corrected chi connectivity index (χ3v) is 4.05. The van der Waals surface area contributed by atoms with Gasteiger partial charge in [0.1, 0.15) is 11.8 Å². The number of β-lactam (4-membered cyclic amide) rings is 1. The molecule has 1 heterocycles. The lowest BCUT2D eigenvalue weighted by Crippen LogP contribution is -2.63. The van der Waals surface area contributed by atoms with Gasteiger partial charge < -0.3 is 15.4 Å². The maximum absolute atomic E-state index is 12.7. The zero-order chi connectivity index (χ0) is 17.5. The second-order valence-corrected chi connectivity index (χ2v) is 5.50. The Hall–Kier alpha value is -2.54. The smallest absolute Gasteiger partial charge is 0.416 e. The third-order valence-electron chi connectivity index (χ3n) is 4.05. The first kappa shape index (κ1) is 16.3. The molecule has 2 aromatic rings. The SMILES string of the molecule is COc1cccc(N2C(=O)[C@H](N)[C@H]2c2ccc(C(F)(F)F)cc2)c1. The number of carbonyl (C=O) groups is 1. The topological polar surface area (TPSA) is 55.6 Å². The first-order valence-electron chi connectivity index (χ1n) is 7.23. The highest BCUT2D eigenvalue weighted by Crippen LogP contribution is 2.40. The molecule has 1 saturated heterocycles. The highest BCUT2D eigenvalue weighted by molar-refractivity contribution is 6.05. The van der Waals surface area contributed by atoms with Gasteiger partial charge in [0.05, 0.1) is 18.7 Å². The van der Waals surface area contributed by atoms with Crippen molar-refractivity contribution in [2.75, 3.05) is 12.0 Å². The van der Waals surface area contributed by atoms with Gasteiger partial charge in [-0.05, 0) is 29.8 Å². The highest BCUT2D eigenvalue weighted by atomic mass is 19.4. The van der Waals surface area contributed by atoms with E-state index < -0.39 is 23.8 Å². The van der Waals surface area contributed by atoms with Crippen LogP contribution in [0.2, 0.25) is 0 Å². The van der Waals surface area contributed by atoms with Gasteiger partial charge in [-0.25, -0.2) is 0 Å². The molecule has 0 aliphatic carbocycles. The Labute approximate surface area is 136 Å². The summed E-state index contributed by atoms with van der Waals surface area (Å²) < 4.78 is 43.2. The number of benzene rings is 2. The van der Waals surface area contributed by atoms with Crippen LogP contribution in [0.5, 0.6) is 5.75 Å². The number of ether oxygens (including phenoxy) is 1. The van der Waals surface area contributed by atoms with Crippen LogP contribution in [-0.4, -0.2) is 19.1 Å². The van der Waals surface area contributed by atoms with E-state index in [-0.39, 0.29) is 5.91 Å². The third kappa shape index (κ3) is 2.71. The second-order valence-electron chi connectivity index (χ2n) is 5.50. The van der Waals surface area contributed by atoms with Crippen molar-refractivity contribution in [3.05, 3.63) is 59.7 Å². The Morgan fingerprint density at radius 3 is 2.38 bits per heavy atom. The summed E-state index contributed by atoms with van der Waals surface area (Å²) in [6.07, 6.45) is -4.40. The van der Waals surface area contributed by atoms with E-state index in [1.54, 1.807) is 24.3 Å². The molecule has 2 aromatic carbocycles. The molecule has 0 unspecified atom stereocenters. The van der Waals surface area contributed by atoms with Crippen molar-refractivity contribution in [3.63, 3.8) is 0 Å². The summed E-state index contributed by atoms with van der Waals surface area (Å²) >= 11 is 0. The van der Waals surface area contributed by atoms with Gasteiger partial charge >= 0.3 is 6.18 Å². The first-order valence-corrected chi connectivity index (χ1v) is 7.23. The van der Waals surface area contributed by atoms with Crippen LogP contribution in [0.15, 0.2) is 48.5 Å². The molecule has 1 amide bonds. The maximum Gasteiger partial charge on any atom is 0.416 e. The number of alkyl halides is 3. The van der Waals surface area contributed by atoms with Crippen LogP contribution in [0.3, 0.4) is 0 Å². The molecule has 0 radical (unpaired) electrons. The van der Waals surface area contributed by atoms with Crippen molar-refractivity contribution in [1.29, 1.82) is 0 Å². The molecule has 0 saturated carbocycles. The van der Waals surface area contributed by atoms with Crippen LogP contribution in [-0.2, 0) is 11.0 Å².